The fourth-order valence-electron chi connectivity index (χ4n) is 3.49. The van der Waals surface area contributed by atoms with Crippen molar-refractivity contribution in [3.63, 3.8) is 0 Å². The number of nitrogens with zero attached hydrogens (tertiary/aromatic N) is 4. The Hall–Kier alpha value is -3.07. The molecule has 32 heavy (non-hydrogen) atoms. The van der Waals surface area contributed by atoms with Crippen molar-refractivity contribution in [1.82, 2.24) is 19.1 Å². The first-order chi connectivity index (χ1) is 15.5. The Kier molecular flexibility index (Phi) is 6.64. The topological polar surface area (TPSA) is 80.6 Å². The lowest BCUT2D eigenvalue weighted by Crippen LogP contribution is -2.29. The second-order valence-corrected chi connectivity index (χ2v) is 9.01. The highest BCUT2D eigenvalue weighted by atomic mass is 32.2. The molecule has 0 saturated heterocycles. The number of hydrogen-bond acceptors (Lipinski definition) is 6. The van der Waals surface area contributed by atoms with E-state index in [0.29, 0.717) is 11.3 Å². The minimum absolute atomic E-state index is 0.135. The van der Waals surface area contributed by atoms with E-state index in [1.807, 2.05) is 61.7 Å². The normalized spacial score (nSPS) is 12.4. The summed E-state index contributed by atoms with van der Waals surface area (Å²) in [7, 11) is 4.10. The lowest BCUT2D eigenvalue weighted by Gasteiger charge is -2.16. The molecule has 0 spiro atoms. The van der Waals surface area contributed by atoms with Gasteiger partial charge in [0, 0.05) is 34.8 Å². The molecule has 0 fully saturated rings. The zero-order valence-electron chi connectivity index (χ0n) is 18.5. The quantitative estimate of drug-likeness (QED) is 0.428. The van der Waals surface area contributed by atoms with Gasteiger partial charge < -0.3 is 16.0 Å². The van der Waals surface area contributed by atoms with Gasteiger partial charge in [-0.3, -0.25) is 9.36 Å². The van der Waals surface area contributed by atoms with E-state index in [1.54, 1.807) is 20.8 Å². The number of rotatable bonds is 8. The third-order valence-corrected chi connectivity index (χ3v) is 6.20. The number of para-hydroxylation sites is 2. The predicted octanol–water partition coefficient (Wildman–Crippen LogP) is 3.63. The van der Waals surface area contributed by atoms with Crippen molar-refractivity contribution in [2.45, 2.75) is 22.8 Å². The van der Waals surface area contributed by atoms with Crippen LogP contribution in [-0.2, 0) is 0 Å². The molecule has 0 aliphatic rings. The Labute approximate surface area is 191 Å². The molecule has 0 radical (unpaired) electrons. The average Bonchev–Trinajstić information content (AvgIpc) is 3.18. The van der Waals surface area contributed by atoms with Crippen LogP contribution in [0.3, 0.4) is 0 Å². The van der Waals surface area contributed by atoms with E-state index >= 15 is 0 Å². The molecular weight excluding hydrogens is 420 g/mol. The highest BCUT2D eigenvalue weighted by molar-refractivity contribution is 7.99. The summed E-state index contributed by atoms with van der Waals surface area (Å²) in [6.45, 7) is 3.60. The van der Waals surface area contributed by atoms with Crippen LogP contribution in [0.5, 0.6) is 0 Å². The molecule has 0 bridgehead atoms. The number of benzene rings is 2. The van der Waals surface area contributed by atoms with Gasteiger partial charge in [0.05, 0.1) is 11.7 Å². The molecule has 1 unspecified atom stereocenters. The largest absolute Gasteiger partial charge is 0.383 e. The van der Waals surface area contributed by atoms with Gasteiger partial charge in [-0.1, -0.05) is 42.1 Å². The Balaban J connectivity index is 1.77. The minimum atomic E-state index is -0.396. The lowest BCUT2D eigenvalue weighted by atomic mass is 10.2. The van der Waals surface area contributed by atoms with E-state index in [9.17, 15) is 4.79 Å². The summed E-state index contributed by atoms with van der Waals surface area (Å²) in [5, 5.41) is 8.18. The zero-order valence-corrected chi connectivity index (χ0v) is 19.3. The molecule has 3 N–H and O–H groups in total. The summed E-state index contributed by atoms with van der Waals surface area (Å²) in [5.41, 5.74) is 8.37. The maximum absolute atomic E-state index is 13.7. The molecule has 4 aromatic rings. The summed E-state index contributed by atoms with van der Waals surface area (Å²) < 4.78 is 3.26. The van der Waals surface area contributed by atoms with Crippen LogP contribution < -0.4 is 16.6 Å². The molecule has 0 aliphatic carbocycles. The standard InChI is InChI=1S/C24H28N6OS/c1-17(25)23-27-29-15-13-21(22(29)24(31)30(23)18-9-5-4-6-10-18)32-20-12-8-7-11-19(20)26-14-16-28(2)3/h4-13,15,17,26H,14,16,25H2,1-3H3. The van der Waals surface area contributed by atoms with E-state index in [0.717, 1.165) is 34.3 Å². The van der Waals surface area contributed by atoms with Crippen LogP contribution in [0.2, 0.25) is 0 Å². The Morgan fingerprint density at radius 1 is 1.06 bits per heavy atom. The molecule has 7 nitrogen and oxygen atoms in total. The molecule has 166 valence electrons. The van der Waals surface area contributed by atoms with Crippen molar-refractivity contribution in [2.24, 2.45) is 5.73 Å². The first-order valence-electron chi connectivity index (χ1n) is 10.6. The minimum Gasteiger partial charge on any atom is -0.383 e. The van der Waals surface area contributed by atoms with Gasteiger partial charge in [-0.25, -0.2) is 4.52 Å². The summed E-state index contributed by atoms with van der Waals surface area (Å²) in [5.74, 6) is 0.520. The van der Waals surface area contributed by atoms with E-state index in [1.165, 1.54) is 0 Å². The number of likely N-dealkylation sites (N-methyl/N-ethyl adjacent to an activating group) is 1. The van der Waals surface area contributed by atoms with Crippen molar-refractivity contribution in [3.8, 4) is 5.69 Å². The smallest absolute Gasteiger partial charge is 0.283 e. The molecule has 0 aliphatic heterocycles. The molecule has 4 rings (SSSR count). The van der Waals surface area contributed by atoms with Crippen LogP contribution in [0.1, 0.15) is 18.8 Å². The maximum atomic E-state index is 13.7. The summed E-state index contributed by atoms with van der Waals surface area (Å²) >= 11 is 1.56. The van der Waals surface area contributed by atoms with Crippen molar-refractivity contribution in [1.29, 1.82) is 0 Å². The first-order valence-corrected chi connectivity index (χ1v) is 11.4. The molecule has 0 saturated carbocycles. The van der Waals surface area contributed by atoms with Gasteiger partial charge in [0.2, 0.25) is 0 Å². The molecule has 8 heteroatoms. The van der Waals surface area contributed by atoms with E-state index < -0.39 is 6.04 Å². The van der Waals surface area contributed by atoms with E-state index in [2.05, 4.69) is 41.5 Å². The molecular formula is C24H28N6OS. The highest BCUT2D eigenvalue weighted by Gasteiger charge is 2.19. The average molecular weight is 449 g/mol. The summed E-state index contributed by atoms with van der Waals surface area (Å²) in [4.78, 5) is 17.7. The summed E-state index contributed by atoms with van der Waals surface area (Å²) in [6.07, 6.45) is 1.82. The fraction of sp³-hybridized carbons (Fsp3) is 0.250. The Morgan fingerprint density at radius 3 is 2.50 bits per heavy atom. The number of hydrogen-bond donors (Lipinski definition) is 2. The van der Waals surface area contributed by atoms with Gasteiger partial charge in [-0.2, -0.15) is 5.10 Å². The first kappa shape index (κ1) is 22.1. The van der Waals surface area contributed by atoms with Crippen molar-refractivity contribution in [2.75, 3.05) is 32.5 Å². The van der Waals surface area contributed by atoms with Crippen molar-refractivity contribution < 1.29 is 0 Å². The molecule has 1 atom stereocenters. The number of nitrogens with one attached hydrogen (secondary N) is 1. The van der Waals surface area contributed by atoms with Crippen LogP contribution in [0, 0.1) is 0 Å². The van der Waals surface area contributed by atoms with Crippen molar-refractivity contribution in [3.05, 3.63) is 83.0 Å². The Morgan fingerprint density at radius 2 is 1.78 bits per heavy atom. The second kappa shape index (κ2) is 9.60. The van der Waals surface area contributed by atoms with Gasteiger partial charge >= 0.3 is 0 Å². The van der Waals surface area contributed by atoms with Crippen molar-refractivity contribution >= 4 is 23.0 Å². The second-order valence-electron chi connectivity index (χ2n) is 7.92. The third kappa shape index (κ3) is 4.57. The highest BCUT2D eigenvalue weighted by Crippen LogP contribution is 2.35. The van der Waals surface area contributed by atoms with Gasteiger partial charge in [0.1, 0.15) is 5.52 Å². The number of anilines is 1. The lowest BCUT2D eigenvalue weighted by molar-refractivity contribution is 0.425. The Bertz CT molecular complexity index is 1260. The number of fused-ring (bicyclic) bond motifs is 1. The molecule has 2 aromatic carbocycles. The van der Waals surface area contributed by atoms with E-state index in [4.69, 9.17) is 5.73 Å². The third-order valence-electron chi connectivity index (χ3n) is 5.08. The van der Waals surface area contributed by atoms with E-state index in [-0.39, 0.29) is 5.56 Å². The predicted molar refractivity (Wildman–Crippen MR) is 131 cm³/mol. The SMILES string of the molecule is CC(N)c1nn2ccc(Sc3ccccc3NCCN(C)C)c2c(=O)n1-c1ccccc1. The monoisotopic (exact) mass is 448 g/mol. The van der Waals surface area contributed by atoms with Crippen LogP contribution in [0.15, 0.2) is 81.4 Å². The van der Waals surface area contributed by atoms with Crippen LogP contribution in [-0.4, -0.2) is 46.3 Å². The molecule has 2 aromatic heterocycles. The number of aromatic nitrogens is 3. The van der Waals surface area contributed by atoms with Gasteiger partial charge in [-0.15, -0.1) is 0 Å². The zero-order chi connectivity index (χ0) is 22.7. The maximum Gasteiger partial charge on any atom is 0.283 e. The van der Waals surface area contributed by atoms with Gasteiger partial charge in [-0.05, 0) is 51.4 Å². The fourth-order valence-corrected chi connectivity index (χ4v) is 4.53. The van der Waals surface area contributed by atoms with Gasteiger partial charge in [0.15, 0.2) is 5.82 Å². The van der Waals surface area contributed by atoms with Crippen LogP contribution in [0.25, 0.3) is 11.2 Å². The molecule has 2 heterocycles. The van der Waals surface area contributed by atoms with Gasteiger partial charge in [0.25, 0.3) is 5.56 Å². The number of nitrogens with two attached hydrogens (primary N) is 1. The van der Waals surface area contributed by atoms with Crippen LogP contribution in [0.4, 0.5) is 5.69 Å². The van der Waals surface area contributed by atoms with Crippen LogP contribution >= 0.6 is 11.8 Å². The molecule has 0 amide bonds. The summed E-state index contributed by atoms with van der Waals surface area (Å²) in [6, 6.07) is 19.2.